The number of carbonyl (C=O) groups is 2. The maximum atomic E-state index is 14.1. The Balaban J connectivity index is 1.71. The van der Waals surface area contributed by atoms with Gasteiger partial charge in [0.15, 0.2) is 0 Å². The number of hydrogen-bond donors (Lipinski definition) is 1. The lowest BCUT2D eigenvalue weighted by molar-refractivity contribution is 0.0535. The average Bonchev–Trinajstić information content (AvgIpc) is 2.77. The zero-order valence-corrected chi connectivity index (χ0v) is 18.4. The molecule has 1 fully saturated rings. The molecule has 0 saturated carbocycles. The Labute approximate surface area is 189 Å². The summed E-state index contributed by atoms with van der Waals surface area (Å²) in [6, 6.07) is 6.62. The molecule has 0 atom stereocenters. The molecule has 2 aromatic rings. The summed E-state index contributed by atoms with van der Waals surface area (Å²) in [6.07, 6.45) is 1.31. The number of sulfonamides is 1. The van der Waals surface area contributed by atoms with Crippen LogP contribution in [0.15, 0.2) is 53.9 Å². The summed E-state index contributed by atoms with van der Waals surface area (Å²) in [5.41, 5.74) is 0.167. The van der Waals surface area contributed by atoms with Crippen LogP contribution < -0.4 is 4.72 Å². The van der Waals surface area contributed by atoms with Crippen molar-refractivity contribution in [3.8, 4) is 0 Å². The molecule has 0 unspecified atom stereocenters. The summed E-state index contributed by atoms with van der Waals surface area (Å²) in [7, 11) is -4.16. The summed E-state index contributed by atoms with van der Waals surface area (Å²) in [5, 5.41) is -0.00128. The second-order valence-electron chi connectivity index (χ2n) is 6.99. The van der Waals surface area contributed by atoms with E-state index in [2.05, 4.69) is 11.3 Å². The highest BCUT2D eigenvalue weighted by Crippen LogP contribution is 2.21. The number of piperazine rings is 1. The van der Waals surface area contributed by atoms with Crippen molar-refractivity contribution < 1.29 is 26.8 Å². The zero-order chi connectivity index (χ0) is 23.5. The van der Waals surface area contributed by atoms with Crippen molar-refractivity contribution in [2.45, 2.75) is 4.90 Å². The molecule has 2 aromatic carbocycles. The van der Waals surface area contributed by atoms with E-state index in [0.717, 1.165) is 24.3 Å². The maximum absolute atomic E-state index is 14.1. The fraction of sp³-hybridized carbons (Fsp3) is 0.238. The molecule has 32 heavy (non-hydrogen) atoms. The van der Waals surface area contributed by atoms with Gasteiger partial charge in [-0.2, -0.15) is 0 Å². The first kappa shape index (κ1) is 23.8. The number of nitrogens with zero attached hydrogens (tertiary/aromatic N) is 2. The molecule has 1 heterocycles. The first-order valence-electron chi connectivity index (χ1n) is 9.58. The Morgan fingerprint density at radius 2 is 1.66 bits per heavy atom. The molecule has 0 aliphatic carbocycles. The van der Waals surface area contributed by atoms with E-state index in [9.17, 15) is 26.8 Å². The number of benzene rings is 2. The van der Waals surface area contributed by atoms with Crippen molar-refractivity contribution in [1.29, 1.82) is 0 Å². The summed E-state index contributed by atoms with van der Waals surface area (Å²) >= 11 is 5.96. The summed E-state index contributed by atoms with van der Waals surface area (Å²) in [6.45, 7) is 4.07. The normalized spacial score (nSPS) is 14.3. The highest BCUT2D eigenvalue weighted by Gasteiger charge is 2.28. The minimum atomic E-state index is -4.16. The van der Waals surface area contributed by atoms with E-state index in [1.54, 1.807) is 0 Å². The molecule has 1 saturated heterocycles. The third-order valence-corrected chi connectivity index (χ3v) is 6.65. The van der Waals surface area contributed by atoms with Crippen LogP contribution in [0.4, 0.5) is 8.78 Å². The van der Waals surface area contributed by atoms with E-state index in [1.807, 2.05) is 0 Å². The van der Waals surface area contributed by atoms with Gasteiger partial charge in [-0.15, -0.1) is 6.58 Å². The molecule has 11 heteroatoms. The Kier molecular flexibility index (Phi) is 7.27. The minimum absolute atomic E-state index is 0.00128. The molecular weight excluding hydrogens is 464 g/mol. The Morgan fingerprint density at radius 1 is 1.03 bits per heavy atom. The molecule has 0 bridgehead atoms. The van der Waals surface area contributed by atoms with Gasteiger partial charge in [-0.1, -0.05) is 17.7 Å². The lowest BCUT2D eigenvalue weighted by Gasteiger charge is -2.35. The quantitative estimate of drug-likeness (QED) is 0.640. The molecule has 2 amide bonds. The van der Waals surface area contributed by atoms with Crippen LogP contribution in [0.2, 0.25) is 5.02 Å². The molecule has 0 spiro atoms. The van der Waals surface area contributed by atoms with Crippen molar-refractivity contribution in [3.63, 3.8) is 0 Å². The molecule has 1 aliphatic heterocycles. The van der Waals surface area contributed by atoms with E-state index in [0.29, 0.717) is 0 Å². The van der Waals surface area contributed by atoms with Crippen LogP contribution in [0, 0.1) is 11.6 Å². The highest BCUT2D eigenvalue weighted by molar-refractivity contribution is 7.89. The molecule has 1 N–H and O–H groups in total. The Hall–Kier alpha value is -2.82. The highest BCUT2D eigenvalue weighted by atomic mass is 35.5. The largest absolute Gasteiger partial charge is 0.335 e. The van der Waals surface area contributed by atoms with Crippen molar-refractivity contribution in [2.75, 3.05) is 32.7 Å². The SMILES string of the molecule is C=CCNS(=O)(=O)c1cc(C(=O)N2CCN(C(=O)c3ccc(F)cc3Cl)CC2)ccc1F. The van der Waals surface area contributed by atoms with Crippen LogP contribution in [0.25, 0.3) is 0 Å². The van der Waals surface area contributed by atoms with E-state index in [1.165, 1.54) is 28.0 Å². The van der Waals surface area contributed by atoms with Crippen molar-refractivity contribution in [2.24, 2.45) is 0 Å². The van der Waals surface area contributed by atoms with Gasteiger partial charge in [0.25, 0.3) is 11.8 Å². The van der Waals surface area contributed by atoms with Crippen molar-refractivity contribution in [1.82, 2.24) is 14.5 Å². The van der Waals surface area contributed by atoms with Gasteiger partial charge < -0.3 is 9.80 Å². The van der Waals surface area contributed by atoms with Gasteiger partial charge in [-0.25, -0.2) is 21.9 Å². The maximum Gasteiger partial charge on any atom is 0.255 e. The minimum Gasteiger partial charge on any atom is -0.335 e. The fourth-order valence-electron chi connectivity index (χ4n) is 3.22. The van der Waals surface area contributed by atoms with Crippen LogP contribution in [-0.4, -0.2) is 62.8 Å². The van der Waals surface area contributed by atoms with Gasteiger partial charge >= 0.3 is 0 Å². The van der Waals surface area contributed by atoms with Crippen molar-refractivity contribution in [3.05, 3.63) is 76.8 Å². The molecule has 0 radical (unpaired) electrons. The number of halogens is 3. The van der Waals surface area contributed by atoms with Gasteiger partial charge in [-0.3, -0.25) is 9.59 Å². The van der Waals surface area contributed by atoms with Crippen LogP contribution in [0.3, 0.4) is 0 Å². The summed E-state index contributed by atoms with van der Waals surface area (Å²) < 4.78 is 54.0. The predicted octanol–water partition coefficient (Wildman–Crippen LogP) is 2.68. The Bertz CT molecular complexity index is 1170. The van der Waals surface area contributed by atoms with E-state index >= 15 is 0 Å². The fourth-order valence-corrected chi connectivity index (χ4v) is 4.56. The number of hydrogen-bond acceptors (Lipinski definition) is 4. The predicted molar refractivity (Wildman–Crippen MR) is 115 cm³/mol. The lowest BCUT2D eigenvalue weighted by atomic mass is 10.1. The van der Waals surface area contributed by atoms with Crippen LogP contribution in [-0.2, 0) is 10.0 Å². The average molecular weight is 484 g/mol. The number of rotatable bonds is 6. The molecule has 0 aromatic heterocycles. The first-order valence-corrected chi connectivity index (χ1v) is 11.4. The van der Waals surface area contributed by atoms with E-state index in [-0.39, 0.29) is 54.8 Å². The number of carbonyl (C=O) groups excluding carboxylic acids is 2. The third-order valence-electron chi connectivity index (χ3n) is 4.90. The van der Waals surface area contributed by atoms with Crippen LogP contribution >= 0.6 is 11.6 Å². The standard InChI is InChI=1S/C21H20ClF2N3O4S/c1-2-7-25-32(30,31)19-12-14(3-6-18(19)24)20(28)26-8-10-27(11-9-26)21(29)16-5-4-15(23)13-17(16)22/h2-6,12-13,25H,1,7-11H2. The Morgan fingerprint density at radius 3 is 2.25 bits per heavy atom. The van der Waals surface area contributed by atoms with Gasteiger partial charge in [-0.05, 0) is 36.4 Å². The van der Waals surface area contributed by atoms with Crippen LogP contribution in [0.1, 0.15) is 20.7 Å². The van der Waals surface area contributed by atoms with Gasteiger partial charge in [0.2, 0.25) is 10.0 Å². The zero-order valence-electron chi connectivity index (χ0n) is 16.9. The topological polar surface area (TPSA) is 86.8 Å². The second kappa shape index (κ2) is 9.76. The smallest absolute Gasteiger partial charge is 0.255 e. The van der Waals surface area contributed by atoms with Gasteiger partial charge in [0.1, 0.15) is 16.5 Å². The summed E-state index contributed by atoms with van der Waals surface area (Å²) in [4.78, 5) is 27.8. The van der Waals surface area contributed by atoms with E-state index in [4.69, 9.17) is 11.6 Å². The molecule has 170 valence electrons. The lowest BCUT2D eigenvalue weighted by Crippen LogP contribution is -2.50. The molecular formula is C21H20ClF2N3O4S. The second-order valence-corrected chi connectivity index (χ2v) is 9.14. The monoisotopic (exact) mass is 483 g/mol. The summed E-state index contributed by atoms with van der Waals surface area (Å²) in [5.74, 6) is -2.41. The number of amides is 2. The van der Waals surface area contributed by atoms with Crippen molar-refractivity contribution >= 4 is 33.4 Å². The third kappa shape index (κ3) is 5.14. The van der Waals surface area contributed by atoms with Gasteiger partial charge in [0.05, 0.1) is 10.6 Å². The van der Waals surface area contributed by atoms with E-state index < -0.39 is 32.5 Å². The first-order chi connectivity index (χ1) is 15.1. The number of nitrogens with one attached hydrogen (secondary N) is 1. The molecule has 7 nitrogen and oxygen atoms in total. The van der Waals surface area contributed by atoms with Gasteiger partial charge in [0, 0.05) is 38.3 Å². The molecule has 3 rings (SSSR count). The van der Waals surface area contributed by atoms with Crippen LogP contribution in [0.5, 0.6) is 0 Å². The molecule has 1 aliphatic rings.